The van der Waals surface area contributed by atoms with Crippen molar-refractivity contribution in [3.05, 3.63) is 35.4 Å². The molecule has 5 nitrogen and oxygen atoms in total. The molecule has 4 N–H and O–H groups in total. The van der Waals surface area contributed by atoms with Crippen LogP contribution in [0.2, 0.25) is 0 Å². The van der Waals surface area contributed by atoms with E-state index in [1.54, 1.807) is 19.1 Å². The zero-order valence-corrected chi connectivity index (χ0v) is 10.8. The van der Waals surface area contributed by atoms with Gasteiger partial charge in [0.2, 0.25) is 0 Å². The number of aliphatic carboxylic acids is 1. The van der Waals surface area contributed by atoms with E-state index in [9.17, 15) is 9.90 Å². The minimum absolute atomic E-state index is 0.0560. The monoisotopic (exact) mass is 262 g/mol. The minimum Gasteiger partial charge on any atom is -0.481 e. The molecular formula is C14H18N2O3. The van der Waals surface area contributed by atoms with Gasteiger partial charge in [0.15, 0.2) is 5.84 Å². The van der Waals surface area contributed by atoms with E-state index in [1.807, 2.05) is 12.1 Å². The molecule has 0 amide bonds. The highest BCUT2D eigenvalue weighted by atomic mass is 16.4. The van der Waals surface area contributed by atoms with Gasteiger partial charge in [-0.05, 0) is 18.4 Å². The second kappa shape index (κ2) is 4.91. The van der Waals surface area contributed by atoms with E-state index in [1.165, 1.54) is 0 Å². The van der Waals surface area contributed by atoms with Gasteiger partial charge in [-0.25, -0.2) is 0 Å². The Morgan fingerprint density at radius 2 is 1.95 bits per heavy atom. The van der Waals surface area contributed by atoms with Gasteiger partial charge in [0.25, 0.3) is 0 Å². The molecule has 1 saturated carbocycles. The first-order valence-corrected chi connectivity index (χ1v) is 6.32. The standard InChI is InChI=1S/C14H18N2O3/c1-9(13(17)18)14(7-2-8-14)11-5-3-10(4-6-11)12(15)16-19/h3-6,9,19H,2,7-8H2,1H3,(H2,15,16)(H,17,18). The molecule has 1 aliphatic carbocycles. The zero-order chi connectivity index (χ0) is 14.0. The summed E-state index contributed by atoms with van der Waals surface area (Å²) < 4.78 is 0. The Kier molecular flexibility index (Phi) is 3.46. The van der Waals surface area contributed by atoms with Crippen LogP contribution in [0.1, 0.15) is 37.3 Å². The van der Waals surface area contributed by atoms with Crippen molar-refractivity contribution in [2.75, 3.05) is 0 Å². The molecule has 2 rings (SSSR count). The topological polar surface area (TPSA) is 95.9 Å². The van der Waals surface area contributed by atoms with Gasteiger partial charge in [-0.3, -0.25) is 4.79 Å². The third-order valence-corrected chi connectivity index (χ3v) is 4.31. The van der Waals surface area contributed by atoms with Gasteiger partial charge in [0, 0.05) is 11.0 Å². The number of nitrogens with zero attached hydrogens (tertiary/aromatic N) is 1. The van der Waals surface area contributed by atoms with E-state index in [-0.39, 0.29) is 11.3 Å². The quantitative estimate of drug-likeness (QED) is 0.334. The molecule has 5 heteroatoms. The van der Waals surface area contributed by atoms with E-state index < -0.39 is 11.9 Å². The largest absolute Gasteiger partial charge is 0.481 e. The fourth-order valence-electron chi connectivity index (χ4n) is 2.80. The molecule has 0 aliphatic heterocycles. The highest BCUT2D eigenvalue weighted by Gasteiger charge is 2.46. The van der Waals surface area contributed by atoms with Crippen LogP contribution in [-0.2, 0) is 10.2 Å². The van der Waals surface area contributed by atoms with Crippen molar-refractivity contribution in [1.29, 1.82) is 0 Å². The van der Waals surface area contributed by atoms with Crippen molar-refractivity contribution in [2.45, 2.75) is 31.6 Å². The first kappa shape index (κ1) is 13.4. The van der Waals surface area contributed by atoms with Crippen molar-refractivity contribution >= 4 is 11.8 Å². The van der Waals surface area contributed by atoms with Crippen LogP contribution in [0.15, 0.2) is 29.4 Å². The van der Waals surface area contributed by atoms with Gasteiger partial charge in [-0.2, -0.15) is 0 Å². The number of nitrogens with two attached hydrogens (primary N) is 1. The summed E-state index contributed by atoms with van der Waals surface area (Å²) in [6.45, 7) is 1.76. The summed E-state index contributed by atoms with van der Waals surface area (Å²) in [6.07, 6.45) is 2.84. The number of amidine groups is 1. The van der Waals surface area contributed by atoms with Crippen LogP contribution in [0.4, 0.5) is 0 Å². The first-order chi connectivity index (χ1) is 9.01. The molecule has 1 aliphatic rings. The number of carbonyl (C=O) groups is 1. The smallest absolute Gasteiger partial charge is 0.307 e. The number of carboxylic acids is 1. The Labute approximate surface area is 111 Å². The Bertz CT molecular complexity index is 504. The van der Waals surface area contributed by atoms with E-state index >= 15 is 0 Å². The molecule has 0 bridgehead atoms. The van der Waals surface area contributed by atoms with Gasteiger partial charge in [-0.15, -0.1) is 0 Å². The lowest BCUT2D eigenvalue weighted by Gasteiger charge is -2.45. The van der Waals surface area contributed by atoms with Gasteiger partial charge in [0.1, 0.15) is 0 Å². The van der Waals surface area contributed by atoms with Crippen molar-refractivity contribution in [1.82, 2.24) is 0 Å². The zero-order valence-electron chi connectivity index (χ0n) is 10.8. The summed E-state index contributed by atoms with van der Waals surface area (Å²) in [5.41, 5.74) is 6.89. The van der Waals surface area contributed by atoms with Crippen LogP contribution in [0, 0.1) is 5.92 Å². The van der Waals surface area contributed by atoms with Gasteiger partial charge in [0.05, 0.1) is 5.92 Å². The van der Waals surface area contributed by atoms with Crippen LogP contribution < -0.4 is 5.73 Å². The molecule has 0 spiro atoms. The summed E-state index contributed by atoms with van der Waals surface area (Å²) in [5, 5.41) is 20.8. The van der Waals surface area contributed by atoms with Crippen molar-refractivity contribution < 1.29 is 15.1 Å². The molecule has 1 aromatic carbocycles. The summed E-state index contributed by atoms with van der Waals surface area (Å²) in [5.74, 6) is -1.11. The van der Waals surface area contributed by atoms with Gasteiger partial charge >= 0.3 is 5.97 Å². The fourth-order valence-corrected chi connectivity index (χ4v) is 2.80. The van der Waals surface area contributed by atoms with Crippen molar-refractivity contribution in [2.24, 2.45) is 16.8 Å². The lowest BCUT2D eigenvalue weighted by molar-refractivity contribution is -0.145. The summed E-state index contributed by atoms with van der Waals surface area (Å²) in [7, 11) is 0. The fraction of sp³-hybridized carbons (Fsp3) is 0.429. The number of hydrogen-bond donors (Lipinski definition) is 3. The molecule has 0 heterocycles. The van der Waals surface area contributed by atoms with E-state index in [4.69, 9.17) is 10.9 Å². The second-order valence-corrected chi connectivity index (χ2v) is 5.13. The predicted octanol–water partition coefficient (Wildman–Crippen LogP) is 1.92. The minimum atomic E-state index is -0.764. The predicted molar refractivity (Wildman–Crippen MR) is 71.3 cm³/mol. The summed E-state index contributed by atoms with van der Waals surface area (Å²) in [4.78, 5) is 11.3. The first-order valence-electron chi connectivity index (χ1n) is 6.32. The summed E-state index contributed by atoms with van der Waals surface area (Å²) in [6, 6.07) is 7.29. The number of hydrogen-bond acceptors (Lipinski definition) is 3. The Morgan fingerprint density at radius 1 is 1.37 bits per heavy atom. The molecule has 1 fully saturated rings. The highest BCUT2D eigenvalue weighted by molar-refractivity contribution is 5.97. The molecule has 19 heavy (non-hydrogen) atoms. The van der Waals surface area contributed by atoms with Crippen molar-refractivity contribution in [3.8, 4) is 0 Å². The molecule has 0 aromatic heterocycles. The summed E-state index contributed by atoms with van der Waals surface area (Å²) >= 11 is 0. The Balaban J connectivity index is 2.32. The maximum Gasteiger partial charge on any atom is 0.307 e. The Morgan fingerprint density at radius 3 is 2.32 bits per heavy atom. The Hall–Kier alpha value is -2.04. The van der Waals surface area contributed by atoms with Crippen molar-refractivity contribution in [3.63, 3.8) is 0 Å². The lowest BCUT2D eigenvalue weighted by atomic mass is 9.58. The van der Waals surface area contributed by atoms with Crippen LogP contribution in [0.5, 0.6) is 0 Å². The van der Waals surface area contributed by atoms with E-state index in [2.05, 4.69) is 5.16 Å². The highest BCUT2D eigenvalue weighted by Crippen LogP contribution is 2.49. The second-order valence-electron chi connectivity index (χ2n) is 5.13. The third kappa shape index (κ3) is 2.16. The van der Waals surface area contributed by atoms with Crippen LogP contribution in [0.25, 0.3) is 0 Å². The molecule has 102 valence electrons. The molecule has 1 unspecified atom stereocenters. The maximum atomic E-state index is 11.3. The molecule has 1 atom stereocenters. The molecule has 1 aromatic rings. The van der Waals surface area contributed by atoms with Crippen LogP contribution in [0.3, 0.4) is 0 Å². The van der Waals surface area contributed by atoms with Gasteiger partial charge in [-0.1, -0.05) is 42.8 Å². The number of rotatable bonds is 4. The normalized spacial score (nSPS) is 19.5. The van der Waals surface area contributed by atoms with Crippen LogP contribution in [-0.4, -0.2) is 22.1 Å². The SMILES string of the molecule is CC(C(=O)O)C1(c2ccc(/C(N)=N\O)cc2)CCC1. The average Bonchev–Trinajstić information content (AvgIpc) is 2.37. The van der Waals surface area contributed by atoms with E-state index in [0.29, 0.717) is 5.56 Å². The third-order valence-electron chi connectivity index (χ3n) is 4.31. The lowest BCUT2D eigenvalue weighted by Crippen LogP contribution is -2.44. The molecule has 0 radical (unpaired) electrons. The maximum absolute atomic E-state index is 11.3. The number of carboxylic acid groups (broad SMARTS) is 1. The molecule has 0 saturated heterocycles. The van der Waals surface area contributed by atoms with E-state index in [0.717, 1.165) is 24.8 Å². The van der Waals surface area contributed by atoms with Gasteiger partial charge < -0.3 is 16.0 Å². The number of oxime groups is 1. The number of benzene rings is 1. The average molecular weight is 262 g/mol. The molecular weight excluding hydrogens is 244 g/mol. The van der Waals surface area contributed by atoms with Crippen LogP contribution >= 0.6 is 0 Å².